The Hall–Kier alpha value is -0.120. The van der Waals surface area contributed by atoms with Gasteiger partial charge >= 0.3 is 0 Å². The molecule has 0 aromatic carbocycles. The van der Waals surface area contributed by atoms with E-state index in [1.807, 2.05) is 0 Å². The summed E-state index contributed by atoms with van der Waals surface area (Å²) in [6.07, 6.45) is 0.893. The number of aliphatic hydroxyl groups excluding tert-OH is 1. The third-order valence-corrected chi connectivity index (χ3v) is 2.89. The van der Waals surface area contributed by atoms with E-state index in [0.29, 0.717) is 24.6 Å². The van der Waals surface area contributed by atoms with Gasteiger partial charge in [-0.15, -0.1) is 0 Å². The highest BCUT2D eigenvalue weighted by Gasteiger charge is 2.27. The number of hydrogen-bond acceptors (Lipinski definition) is 3. The lowest BCUT2D eigenvalue weighted by atomic mass is 10.0. The first-order valence-corrected chi connectivity index (χ1v) is 5.72. The van der Waals surface area contributed by atoms with E-state index in [-0.39, 0.29) is 0 Å². The van der Waals surface area contributed by atoms with Crippen LogP contribution in [0.2, 0.25) is 0 Å². The van der Waals surface area contributed by atoms with Crippen molar-refractivity contribution in [3.8, 4) is 0 Å². The highest BCUT2D eigenvalue weighted by Crippen LogP contribution is 2.14. The normalized spacial score (nSPS) is 29.8. The third-order valence-electron chi connectivity index (χ3n) is 2.89. The summed E-state index contributed by atoms with van der Waals surface area (Å²) in [4.78, 5) is 2.54. The van der Waals surface area contributed by atoms with Gasteiger partial charge in [-0.3, -0.25) is 4.90 Å². The minimum Gasteiger partial charge on any atom is -0.396 e. The molecule has 0 bridgehead atoms. The molecule has 3 heteroatoms. The summed E-state index contributed by atoms with van der Waals surface area (Å²) in [6, 6.07) is 1.12. The SMILES string of the molecule is CC(C)CN1C(C)CNCC1CCO. The van der Waals surface area contributed by atoms with Crippen LogP contribution in [0.1, 0.15) is 27.2 Å². The molecule has 0 saturated carbocycles. The van der Waals surface area contributed by atoms with Crippen LogP contribution in [0, 0.1) is 5.92 Å². The lowest BCUT2D eigenvalue weighted by molar-refractivity contribution is 0.0748. The Bertz CT molecular complexity index is 159. The summed E-state index contributed by atoms with van der Waals surface area (Å²) < 4.78 is 0. The van der Waals surface area contributed by atoms with Crippen molar-refractivity contribution in [2.75, 3.05) is 26.2 Å². The van der Waals surface area contributed by atoms with Crippen LogP contribution in [-0.4, -0.2) is 48.3 Å². The lowest BCUT2D eigenvalue weighted by Gasteiger charge is -2.42. The third kappa shape index (κ3) is 3.23. The Kier molecular flexibility index (Phi) is 4.85. The van der Waals surface area contributed by atoms with Crippen LogP contribution in [0.3, 0.4) is 0 Å². The second-order valence-corrected chi connectivity index (χ2v) is 4.76. The standard InChI is InChI=1S/C11H24N2O/c1-9(2)8-13-10(3)6-12-7-11(13)4-5-14/h9-12,14H,4-8H2,1-3H3. The molecule has 1 saturated heterocycles. The van der Waals surface area contributed by atoms with Crippen molar-refractivity contribution in [1.82, 2.24) is 10.2 Å². The van der Waals surface area contributed by atoms with Crippen LogP contribution in [0.15, 0.2) is 0 Å². The minimum atomic E-state index is 0.299. The number of nitrogens with one attached hydrogen (secondary N) is 1. The lowest BCUT2D eigenvalue weighted by Crippen LogP contribution is -2.57. The van der Waals surface area contributed by atoms with Gasteiger partial charge in [0, 0.05) is 38.3 Å². The summed E-state index contributed by atoms with van der Waals surface area (Å²) in [5, 5.41) is 12.4. The molecule has 0 aromatic rings. The zero-order valence-electron chi connectivity index (χ0n) is 9.66. The fraction of sp³-hybridized carbons (Fsp3) is 1.00. The number of nitrogens with zero attached hydrogens (tertiary/aromatic N) is 1. The first-order valence-electron chi connectivity index (χ1n) is 5.72. The van der Waals surface area contributed by atoms with Crippen molar-refractivity contribution in [2.24, 2.45) is 5.92 Å². The van der Waals surface area contributed by atoms with E-state index >= 15 is 0 Å². The molecule has 1 rings (SSSR count). The van der Waals surface area contributed by atoms with Gasteiger partial charge in [-0.25, -0.2) is 0 Å². The molecule has 0 aliphatic carbocycles. The molecule has 0 amide bonds. The van der Waals surface area contributed by atoms with Crippen LogP contribution in [0.5, 0.6) is 0 Å². The number of aliphatic hydroxyl groups is 1. The van der Waals surface area contributed by atoms with E-state index in [1.165, 1.54) is 0 Å². The summed E-state index contributed by atoms with van der Waals surface area (Å²) in [5.74, 6) is 0.705. The van der Waals surface area contributed by atoms with Gasteiger partial charge in [-0.1, -0.05) is 13.8 Å². The highest BCUT2D eigenvalue weighted by atomic mass is 16.3. The van der Waals surface area contributed by atoms with Crippen LogP contribution in [0.4, 0.5) is 0 Å². The molecule has 2 atom stereocenters. The molecule has 0 radical (unpaired) electrons. The van der Waals surface area contributed by atoms with E-state index in [4.69, 9.17) is 5.11 Å². The average Bonchev–Trinajstić information content (AvgIpc) is 2.11. The monoisotopic (exact) mass is 200 g/mol. The molecule has 0 aromatic heterocycles. The highest BCUT2D eigenvalue weighted by molar-refractivity contribution is 4.85. The summed E-state index contributed by atoms with van der Waals surface area (Å²) in [5.41, 5.74) is 0. The predicted molar refractivity (Wildman–Crippen MR) is 59.4 cm³/mol. The maximum Gasteiger partial charge on any atom is 0.0446 e. The molecule has 1 fully saturated rings. The van der Waals surface area contributed by atoms with Gasteiger partial charge in [0.05, 0.1) is 0 Å². The van der Waals surface area contributed by atoms with Gasteiger partial charge < -0.3 is 10.4 Å². The molecule has 14 heavy (non-hydrogen) atoms. The molecule has 1 aliphatic heterocycles. The number of piperazine rings is 1. The van der Waals surface area contributed by atoms with Crippen LogP contribution in [-0.2, 0) is 0 Å². The minimum absolute atomic E-state index is 0.299. The van der Waals surface area contributed by atoms with Crippen molar-refractivity contribution in [3.05, 3.63) is 0 Å². The van der Waals surface area contributed by atoms with Crippen molar-refractivity contribution >= 4 is 0 Å². The van der Waals surface area contributed by atoms with Crippen molar-refractivity contribution in [3.63, 3.8) is 0 Å². The van der Waals surface area contributed by atoms with Crippen molar-refractivity contribution < 1.29 is 5.11 Å². The van der Waals surface area contributed by atoms with Gasteiger partial charge in [-0.2, -0.15) is 0 Å². The fourth-order valence-electron chi connectivity index (χ4n) is 2.22. The smallest absolute Gasteiger partial charge is 0.0446 e. The average molecular weight is 200 g/mol. The molecule has 84 valence electrons. The number of rotatable bonds is 4. The summed E-state index contributed by atoms with van der Waals surface area (Å²) in [6.45, 7) is 10.3. The zero-order chi connectivity index (χ0) is 10.6. The first-order chi connectivity index (χ1) is 6.65. The quantitative estimate of drug-likeness (QED) is 0.701. The largest absolute Gasteiger partial charge is 0.396 e. The Morgan fingerprint density at radius 1 is 1.43 bits per heavy atom. The second-order valence-electron chi connectivity index (χ2n) is 4.76. The van der Waals surface area contributed by atoms with Crippen molar-refractivity contribution in [1.29, 1.82) is 0 Å². The van der Waals surface area contributed by atoms with E-state index < -0.39 is 0 Å². The second kappa shape index (κ2) is 5.69. The van der Waals surface area contributed by atoms with E-state index in [9.17, 15) is 0 Å². The fourth-order valence-corrected chi connectivity index (χ4v) is 2.22. The van der Waals surface area contributed by atoms with Gasteiger partial charge in [0.25, 0.3) is 0 Å². The molecule has 1 aliphatic rings. The van der Waals surface area contributed by atoms with E-state index in [2.05, 4.69) is 31.0 Å². The van der Waals surface area contributed by atoms with Gasteiger partial charge in [0.15, 0.2) is 0 Å². The maximum absolute atomic E-state index is 9.00. The Morgan fingerprint density at radius 2 is 2.14 bits per heavy atom. The predicted octanol–water partition coefficient (Wildman–Crippen LogP) is 0.687. The molecular weight excluding hydrogens is 176 g/mol. The Balaban J connectivity index is 2.51. The van der Waals surface area contributed by atoms with Crippen LogP contribution < -0.4 is 5.32 Å². The molecule has 2 N–H and O–H groups in total. The van der Waals surface area contributed by atoms with Crippen molar-refractivity contribution in [2.45, 2.75) is 39.3 Å². The molecule has 2 unspecified atom stereocenters. The van der Waals surface area contributed by atoms with Crippen LogP contribution in [0.25, 0.3) is 0 Å². The van der Waals surface area contributed by atoms with Gasteiger partial charge in [-0.05, 0) is 19.3 Å². The summed E-state index contributed by atoms with van der Waals surface area (Å²) in [7, 11) is 0. The zero-order valence-corrected chi connectivity index (χ0v) is 9.66. The van der Waals surface area contributed by atoms with E-state index in [1.54, 1.807) is 0 Å². The molecule has 3 nitrogen and oxygen atoms in total. The maximum atomic E-state index is 9.00. The van der Waals surface area contributed by atoms with Gasteiger partial charge in [0.1, 0.15) is 0 Å². The molecular formula is C11H24N2O. The molecule has 1 heterocycles. The molecule has 0 spiro atoms. The van der Waals surface area contributed by atoms with E-state index in [0.717, 1.165) is 26.1 Å². The topological polar surface area (TPSA) is 35.5 Å². The van der Waals surface area contributed by atoms with Gasteiger partial charge in [0.2, 0.25) is 0 Å². The Labute approximate surface area is 87.5 Å². The number of hydrogen-bond donors (Lipinski definition) is 2. The summed E-state index contributed by atoms with van der Waals surface area (Å²) >= 11 is 0. The van der Waals surface area contributed by atoms with Crippen LogP contribution >= 0.6 is 0 Å². The first kappa shape index (κ1) is 12.0. The Morgan fingerprint density at radius 3 is 2.71 bits per heavy atom.